The second-order valence-electron chi connectivity index (χ2n) is 6.28. The molecule has 0 atom stereocenters. The number of fused-ring (bicyclic) bond motifs is 1. The topological polar surface area (TPSA) is 80.4 Å². The van der Waals surface area contributed by atoms with Gasteiger partial charge in [0.25, 0.3) is 5.69 Å². The molecule has 0 amide bonds. The zero-order valence-corrected chi connectivity index (χ0v) is 13.8. The molecular weight excluding hydrogens is 330 g/mol. The van der Waals surface area contributed by atoms with Gasteiger partial charge in [0.1, 0.15) is 5.75 Å². The third-order valence-corrected chi connectivity index (χ3v) is 4.73. The van der Waals surface area contributed by atoms with Crippen LogP contribution in [0.4, 0.5) is 5.69 Å². The molecule has 1 aliphatic rings. The molecule has 1 aliphatic carbocycles. The van der Waals surface area contributed by atoms with E-state index in [9.17, 15) is 20.0 Å². The number of nitrogens with zero attached hydrogens (tertiary/aromatic N) is 1. The van der Waals surface area contributed by atoms with Crippen molar-refractivity contribution in [2.75, 3.05) is 0 Å². The fraction of sp³-hybridized carbons (Fsp3) is 0.0952. The molecule has 5 nitrogen and oxygen atoms in total. The van der Waals surface area contributed by atoms with Crippen LogP contribution in [-0.2, 0) is 6.42 Å². The Morgan fingerprint density at radius 2 is 1.58 bits per heavy atom. The average Bonchev–Trinajstić information content (AvgIpc) is 3.03. The minimum atomic E-state index is -0.458. The average molecular weight is 345 g/mol. The summed E-state index contributed by atoms with van der Waals surface area (Å²) >= 11 is 0. The minimum absolute atomic E-state index is 0.00661. The molecule has 0 heterocycles. The van der Waals surface area contributed by atoms with Crippen LogP contribution in [-0.4, -0.2) is 15.8 Å². The van der Waals surface area contributed by atoms with E-state index in [2.05, 4.69) is 0 Å². The van der Waals surface area contributed by atoms with Crippen LogP contribution in [0.2, 0.25) is 0 Å². The van der Waals surface area contributed by atoms with Gasteiger partial charge in [-0.3, -0.25) is 14.9 Å². The summed E-state index contributed by atoms with van der Waals surface area (Å²) in [5.74, 6) is 0.0588. The molecule has 0 fully saturated rings. The van der Waals surface area contributed by atoms with Crippen LogP contribution < -0.4 is 0 Å². The SMILES string of the molecule is O=C1CCc2cc(-c3ccc([N+](=O)[O-])cc3)c(O)c(-c3ccccc3)c21. The number of phenolic OH excluding ortho intramolecular Hbond substituents is 1. The minimum Gasteiger partial charge on any atom is -0.507 e. The van der Waals surface area contributed by atoms with Crippen LogP contribution in [0.5, 0.6) is 5.75 Å². The van der Waals surface area contributed by atoms with Crippen molar-refractivity contribution in [2.24, 2.45) is 0 Å². The molecule has 1 N–H and O–H groups in total. The molecule has 3 aromatic carbocycles. The lowest BCUT2D eigenvalue weighted by Gasteiger charge is -2.15. The quantitative estimate of drug-likeness (QED) is 0.548. The molecule has 4 rings (SSSR count). The first-order valence-corrected chi connectivity index (χ1v) is 8.28. The van der Waals surface area contributed by atoms with Crippen LogP contribution in [0.15, 0.2) is 60.7 Å². The Morgan fingerprint density at radius 1 is 0.885 bits per heavy atom. The molecule has 26 heavy (non-hydrogen) atoms. The van der Waals surface area contributed by atoms with Crippen molar-refractivity contribution >= 4 is 11.5 Å². The van der Waals surface area contributed by atoms with E-state index in [-0.39, 0.29) is 17.2 Å². The zero-order chi connectivity index (χ0) is 18.3. The van der Waals surface area contributed by atoms with Gasteiger partial charge in [0.15, 0.2) is 5.78 Å². The van der Waals surface area contributed by atoms with Gasteiger partial charge in [-0.15, -0.1) is 0 Å². The lowest BCUT2D eigenvalue weighted by atomic mass is 9.90. The molecule has 0 saturated heterocycles. The Morgan fingerprint density at radius 3 is 2.23 bits per heavy atom. The standard InChI is InChI=1S/C21H15NO4/c23-18-11-8-15-12-17(13-6-9-16(10-7-13)22(25)26)21(24)20(19(15)18)14-4-2-1-3-5-14/h1-7,9-10,12,24H,8,11H2. The van der Waals surface area contributed by atoms with Crippen molar-refractivity contribution in [1.29, 1.82) is 0 Å². The van der Waals surface area contributed by atoms with E-state index in [0.717, 1.165) is 11.1 Å². The van der Waals surface area contributed by atoms with Crippen LogP contribution in [0.25, 0.3) is 22.3 Å². The highest BCUT2D eigenvalue weighted by molar-refractivity contribution is 6.09. The number of benzene rings is 3. The number of phenols is 1. The van der Waals surface area contributed by atoms with Gasteiger partial charge < -0.3 is 5.11 Å². The molecule has 5 heteroatoms. The lowest BCUT2D eigenvalue weighted by Crippen LogP contribution is -1.98. The summed E-state index contributed by atoms with van der Waals surface area (Å²) in [5, 5.41) is 21.8. The number of aryl methyl sites for hydroxylation is 1. The predicted octanol–water partition coefficient (Wildman–Crippen LogP) is 4.76. The van der Waals surface area contributed by atoms with Crippen LogP contribution in [0.1, 0.15) is 22.3 Å². The van der Waals surface area contributed by atoms with Crippen LogP contribution in [0, 0.1) is 10.1 Å². The highest BCUT2D eigenvalue weighted by Gasteiger charge is 2.28. The molecule has 0 bridgehead atoms. The summed E-state index contributed by atoms with van der Waals surface area (Å²) < 4.78 is 0. The molecule has 0 spiro atoms. The second-order valence-corrected chi connectivity index (χ2v) is 6.28. The smallest absolute Gasteiger partial charge is 0.269 e. The number of nitro groups is 1. The first kappa shape index (κ1) is 16.0. The summed E-state index contributed by atoms with van der Waals surface area (Å²) in [4.78, 5) is 22.8. The summed E-state index contributed by atoms with van der Waals surface area (Å²) in [6.07, 6.45) is 1.06. The highest BCUT2D eigenvalue weighted by Crippen LogP contribution is 2.45. The maximum Gasteiger partial charge on any atom is 0.269 e. The third-order valence-electron chi connectivity index (χ3n) is 4.73. The fourth-order valence-corrected chi connectivity index (χ4v) is 3.49. The van der Waals surface area contributed by atoms with Gasteiger partial charge in [0.05, 0.1) is 4.92 Å². The predicted molar refractivity (Wildman–Crippen MR) is 98.3 cm³/mol. The van der Waals surface area contributed by atoms with E-state index in [4.69, 9.17) is 0 Å². The Balaban J connectivity index is 1.95. The Hall–Kier alpha value is -3.47. The summed E-state index contributed by atoms with van der Waals surface area (Å²) in [6, 6.07) is 17.2. The van der Waals surface area contributed by atoms with Gasteiger partial charge in [0.2, 0.25) is 0 Å². The maximum absolute atomic E-state index is 12.4. The zero-order valence-electron chi connectivity index (χ0n) is 13.8. The Labute approximate surface area is 149 Å². The van der Waals surface area contributed by atoms with E-state index in [1.54, 1.807) is 12.1 Å². The molecule has 0 unspecified atom stereocenters. The van der Waals surface area contributed by atoms with Gasteiger partial charge in [-0.1, -0.05) is 30.3 Å². The second kappa shape index (κ2) is 6.11. The van der Waals surface area contributed by atoms with Gasteiger partial charge >= 0.3 is 0 Å². The number of hydrogen-bond donors (Lipinski definition) is 1. The van der Waals surface area contributed by atoms with E-state index < -0.39 is 4.92 Å². The number of hydrogen-bond acceptors (Lipinski definition) is 4. The molecule has 0 saturated carbocycles. The summed E-state index contributed by atoms with van der Waals surface area (Å²) in [6.45, 7) is 0. The number of carbonyl (C=O) groups is 1. The van der Waals surface area contributed by atoms with Crippen molar-refractivity contribution in [3.63, 3.8) is 0 Å². The number of nitro benzene ring substituents is 1. The molecule has 128 valence electrons. The van der Waals surface area contributed by atoms with Crippen molar-refractivity contribution in [1.82, 2.24) is 0 Å². The maximum atomic E-state index is 12.4. The lowest BCUT2D eigenvalue weighted by molar-refractivity contribution is -0.384. The monoisotopic (exact) mass is 345 g/mol. The van der Waals surface area contributed by atoms with Crippen molar-refractivity contribution in [2.45, 2.75) is 12.8 Å². The van der Waals surface area contributed by atoms with E-state index in [1.165, 1.54) is 12.1 Å². The fourth-order valence-electron chi connectivity index (χ4n) is 3.49. The van der Waals surface area contributed by atoms with Crippen LogP contribution in [0.3, 0.4) is 0 Å². The Kier molecular flexibility index (Phi) is 3.77. The highest BCUT2D eigenvalue weighted by atomic mass is 16.6. The number of ketones is 1. The Bertz CT molecular complexity index is 1020. The van der Waals surface area contributed by atoms with E-state index in [1.807, 2.05) is 36.4 Å². The summed E-state index contributed by atoms with van der Waals surface area (Å²) in [7, 11) is 0. The molecular formula is C21H15NO4. The number of Topliss-reactive ketones (excluding diaryl/α,β-unsaturated/α-hetero) is 1. The normalized spacial score (nSPS) is 12.8. The summed E-state index contributed by atoms with van der Waals surface area (Å²) in [5.41, 5.74) is 4.05. The number of aromatic hydroxyl groups is 1. The third kappa shape index (κ3) is 2.54. The van der Waals surface area contributed by atoms with Crippen LogP contribution >= 0.6 is 0 Å². The van der Waals surface area contributed by atoms with Gasteiger partial charge in [-0.2, -0.15) is 0 Å². The largest absolute Gasteiger partial charge is 0.507 e. The first-order chi connectivity index (χ1) is 12.6. The molecule has 3 aromatic rings. The number of rotatable bonds is 3. The number of non-ortho nitro benzene ring substituents is 1. The van der Waals surface area contributed by atoms with Gasteiger partial charge in [-0.05, 0) is 41.3 Å². The number of carbonyl (C=O) groups excluding carboxylic acids is 1. The van der Waals surface area contributed by atoms with Gasteiger partial charge in [0, 0.05) is 35.2 Å². The van der Waals surface area contributed by atoms with Crippen molar-refractivity contribution in [3.05, 3.63) is 81.9 Å². The van der Waals surface area contributed by atoms with Crippen molar-refractivity contribution in [3.8, 4) is 28.0 Å². The molecule has 0 aromatic heterocycles. The van der Waals surface area contributed by atoms with E-state index >= 15 is 0 Å². The van der Waals surface area contributed by atoms with E-state index in [0.29, 0.717) is 35.1 Å². The molecule has 0 radical (unpaired) electrons. The molecule has 0 aliphatic heterocycles. The van der Waals surface area contributed by atoms with Crippen molar-refractivity contribution < 1.29 is 14.8 Å². The van der Waals surface area contributed by atoms with Gasteiger partial charge in [-0.25, -0.2) is 0 Å². The first-order valence-electron chi connectivity index (χ1n) is 8.28.